The molecule has 2 aromatic heterocycles. The zero-order valence-corrected chi connectivity index (χ0v) is 20.4. The molecule has 0 aliphatic carbocycles. The molecular formula is C28H28ClN3O3. The molecule has 1 aliphatic heterocycles. The summed E-state index contributed by atoms with van der Waals surface area (Å²) in [5.74, 6) is 1.21. The Hall–Kier alpha value is -3.35. The van der Waals surface area contributed by atoms with Crippen LogP contribution in [0.1, 0.15) is 33.6 Å². The second-order valence-electron chi connectivity index (χ2n) is 9.02. The summed E-state index contributed by atoms with van der Waals surface area (Å²) in [5.41, 5.74) is 4.35. The summed E-state index contributed by atoms with van der Waals surface area (Å²) in [6.07, 6.45) is 4.57. The molecule has 0 saturated carbocycles. The van der Waals surface area contributed by atoms with Crippen molar-refractivity contribution in [2.75, 3.05) is 19.8 Å². The minimum absolute atomic E-state index is 0.0692. The van der Waals surface area contributed by atoms with Gasteiger partial charge in [-0.05, 0) is 66.4 Å². The van der Waals surface area contributed by atoms with Gasteiger partial charge in [0.15, 0.2) is 0 Å². The highest BCUT2D eigenvalue weighted by molar-refractivity contribution is 6.31. The van der Waals surface area contributed by atoms with Gasteiger partial charge < -0.3 is 19.4 Å². The molecule has 1 aliphatic rings. The van der Waals surface area contributed by atoms with Gasteiger partial charge in [-0.25, -0.2) is 0 Å². The molecule has 1 unspecified atom stereocenters. The van der Waals surface area contributed by atoms with Gasteiger partial charge >= 0.3 is 0 Å². The summed E-state index contributed by atoms with van der Waals surface area (Å²) in [5, 5.41) is 1.60. The molecule has 6 nitrogen and oxygen atoms in total. The van der Waals surface area contributed by atoms with Crippen molar-refractivity contribution in [3.63, 3.8) is 0 Å². The lowest BCUT2D eigenvalue weighted by Gasteiger charge is -2.23. The van der Waals surface area contributed by atoms with Crippen LogP contribution in [0.15, 0.2) is 67.0 Å². The van der Waals surface area contributed by atoms with Crippen LogP contribution < -0.4 is 4.74 Å². The molecule has 5 rings (SSSR count). The number of amides is 1. The lowest BCUT2D eigenvalue weighted by atomic mass is 10.1. The third-order valence-corrected chi connectivity index (χ3v) is 6.66. The molecule has 3 heterocycles. The van der Waals surface area contributed by atoms with Gasteiger partial charge in [0, 0.05) is 53.9 Å². The van der Waals surface area contributed by atoms with Crippen LogP contribution in [0, 0.1) is 12.8 Å². The number of pyridine rings is 1. The largest absolute Gasteiger partial charge is 0.493 e. The topological polar surface area (TPSA) is 67.5 Å². The number of nitrogens with zero attached hydrogens (tertiary/aromatic N) is 2. The van der Waals surface area contributed by atoms with Crippen molar-refractivity contribution in [1.82, 2.24) is 14.9 Å². The van der Waals surface area contributed by atoms with E-state index in [1.54, 1.807) is 12.4 Å². The molecule has 7 heteroatoms. The third-order valence-electron chi connectivity index (χ3n) is 6.42. The van der Waals surface area contributed by atoms with Gasteiger partial charge in [-0.15, -0.1) is 0 Å². The second-order valence-corrected chi connectivity index (χ2v) is 9.46. The first-order valence-corrected chi connectivity index (χ1v) is 12.2. The zero-order chi connectivity index (χ0) is 24.2. The van der Waals surface area contributed by atoms with E-state index in [1.807, 2.05) is 66.4 Å². The van der Waals surface area contributed by atoms with Gasteiger partial charge in [0.25, 0.3) is 5.91 Å². The molecule has 0 radical (unpaired) electrons. The number of rotatable bonds is 8. The Bertz CT molecular complexity index is 1300. The lowest BCUT2D eigenvalue weighted by Crippen LogP contribution is -2.31. The van der Waals surface area contributed by atoms with Crippen LogP contribution in [0.25, 0.3) is 10.9 Å². The van der Waals surface area contributed by atoms with E-state index in [9.17, 15) is 4.79 Å². The number of hydrogen-bond acceptors (Lipinski definition) is 4. The van der Waals surface area contributed by atoms with Crippen LogP contribution in [-0.4, -0.2) is 40.6 Å². The average Bonchev–Trinajstić information content (AvgIpc) is 3.51. The fraction of sp³-hybridized carbons (Fsp3) is 0.286. The Morgan fingerprint density at radius 3 is 2.74 bits per heavy atom. The van der Waals surface area contributed by atoms with Gasteiger partial charge in [0.05, 0.1) is 13.2 Å². The number of carbonyl (C=O) groups is 1. The van der Waals surface area contributed by atoms with E-state index >= 15 is 0 Å². The fourth-order valence-electron chi connectivity index (χ4n) is 4.42. The Morgan fingerprint density at radius 1 is 1.17 bits per heavy atom. The van der Waals surface area contributed by atoms with Crippen LogP contribution in [-0.2, 0) is 17.8 Å². The number of nitrogens with one attached hydrogen (secondary N) is 1. The molecular weight excluding hydrogens is 462 g/mol. The number of carbonyl (C=O) groups excluding carboxylic acids is 1. The van der Waals surface area contributed by atoms with Crippen molar-refractivity contribution in [3.8, 4) is 5.75 Å². The van der Waals surface area contributed by atoms with E-state index in [4.69, 9.17) is 21.1 Å². The molecule has 180 valence electrons. The first kappa shape index (κ1) is 23.4. The molecule has 2 aromatic carbocycles. The molecule has 0 spiro atoms. The summed E-state index contributed by atoms with van der Waals surface area (Å²) in [7, 11) is 0. The lowest BCUT2D eigenvalue weighted by molar-refractivity contribution is 0.0724. The van der Waals surface area contributed by atoms with Crippen molar-refractivity contribution in [2.24, 2.45) is 5.92 Å². The zero-order valence-electron chi connectivity index (χ0n) is 19.7. The van der Waals surface area contributed by atoms with Crippen LogP contribution in [0.4, 0.5) is 0 Å². The van der Waals surface area contributed by atoms with Crippen molar-refractivity contribution < 1.29 is 14.3 Å². The minimum Gasteiger partial charge on any atom is -0.493 e. The monoisotopic (exact) mass is 489 g/mol. The average molecular weight is 490 g/mol. The maximum Gasteiger partial charge on any atom is 0.271 e. The van der Waals surface area contributed by atoms with E-state index in [1.165, 1.54) is 0 Å². The van der Waals surface area contributed by atoms with E-state index in [-0.39, 0.29) is 5.91 Å². The van der Waals surface area contributed by atoms with Gasteiger partial charge in [-0.1, -0.05) is 29.8 Å². The molecule has 1 amide bonds. The number of ether oxygens (including phenoxy) is 2. The van der Waals surface area contributed by atoms with Crippen LogP contribution in [0.3, 0.4) is 0 Å². The first-order chi connectivity index (χ1) is 17.1. The van der Waals surface area contributed by atoms with Crippen molar-refractivity contribution in [3.05, 3.63) is 94.4 Å². The van der Waals surface area contributed by atoms with E-state index in [0.717, 1.165) is 53.0 Å². The number of aromatic amines is 1. The highest BCUT2D eigenvalue weighted by Gasteiger charge is 2.22. The van der Waals surface area contributed by atoms with Crippen LogP contribution in [0.5, 0.6) is 5.75 Å². The Morgan fingerprint density at radius 2 is 2.00 bits per heavy atom. The SMILES string of the molecule is Cc1c(C(=O)N(Cc2ccc(OCC3CCOC3)cc2)Cc2cccnc2)[nH]c2ccc(Cl)cc12. The molecule has 1 saturated heterocycles. The smallest absolute Gasteiger partial charge is 0.271 e. The van der Waals surface area contributed by atoms with Crippen LogP contribution in [0.2, 0.25) is 5.02 Å². The van der Waals surface area contributed by atoms with Crippen molar-refractivity contribution >= 4 is 28.4 Å². The Kier molecular flexibility index (Phi) is 7.02. The summed E-state index contributed by atoms with van der Waals surface area (Å²) < 4.78 is 11.4. The summed E-state index contributed by atoms with van der Waals surface area (Å²) in [4.78, 5) is 23.1. The first-order valence-electron chi connectivity index (χ1n) is 11.8. The predicted molar refractivity (Wildman–Crippen MR) is 137 cm³/mol. The number of aryl methyl sites for hydroxylation is 1. The summed E-state index contributed by atoms with van der Waals surface area (Å²) in [6.45, 7) is 5.10. The maximum atomic E-state index is 13.8. The standard InChI is InChI=1S/C28H28ClN3O3/c1-19-25-13-23(29)6-9-26(25)31-27(19)28(33)32(16-21-3-2-11-30-14-21)15-20-4-7-24(8-5-20)35-18-22-10-12-34-17-22/h2-9,11,13-14,22,31H,10,12,15-18H2,1H3. The van der Waals surface area contributed by atoms with Crippen molar-refractivity contribution in [2.45, 2.75) is 26.4 Å². The number of H-pyrrole nitrogens is 1. The molecule has 35 heavy (non-hydrogen) atoms. The number of benzene rings is 2. The minimum atomic E-state index is -0.0692. The summed E-state index contributed by atoms with van der Waals surface area (Å²) in [6, 6.07) is 17.5. The Labute approximate surface area is 209 Å². The van der Waals surface area contributed by atoms with Gasteiger partial charge in [0.1, 0.15) is 11.4 Å². The number of halogens is 1. The highest BCUT2D eigenvalue weighted by Crippen LogP contribution is 2.27. The number of fused-ring (bicyclic) bond motifs is 1. The Balaban J connectivity index is 1.36. The van der Waals surface area contributed by atoms with Crippen LogP contribution >= 0.6 is 11.6 Å². The van der Waals surface area contributed by atoms with Gasteiger partial charge in [0.2, 0.25) is 0 Å². The number of hydrogen-bond donors (Lipinski definition) is 1. The quantitative estimate of drug-likeness (QED) is 0.340. The molecule has 1 N–H and O–H groups in total. The summed E-state index contributed by atoms with van der Waals surface area (Å²) >= 11 is 6.20. The predicted octanol–water partition coefficient (Wildman–Crippen LogP) is 5.78. The third kappa shape index (κ3) is 5.50. The van der Waals surface area contributed by atoms with E-state index in [0.29, 0.717) is 36.3 Å². The van der Waals surface area contributed by atoms with Gasteiger partial charge in [-0.3, -0.25) is 9.78 Å². The molecule has 1 fully saturated rings. The highest BCUT2D eigenvalue weighted by atomic mass is 35.5. The van der Waals surface area contributed by atoms with E-state index in [2.05, 4.69) is 9.97 Å². The maximum absolute atomic E-state index is 13.8. The second kappa shape index (κ2) is 10.5. The number of aromatic nitrogens is 2. The molecule has 1 atom stereocenters. The molecule has 0 bridgehead atoms. The molecule has 4 aromatic rings. The van der Waals surface area contributed by atoms with Gasteiger partial charge in [-0.2, -0.15) is 0 Å². The fourth-order valence-corrected chi connectivity index (χ4v) is 4.59. The normalized spacial score (nSPS) is 15.4. The van der Waals surface area contributed by atoms with E-state index < -0.39 is 0 Å². The van der Waals surface area contributed by atoms with Crippen molar-refractivity contribution in [1.29, 1.82) is 0 Å².